The molecule has 108 valence electrons. The summed E-state index contributed by atoms with van der Waals surface area (Å²) in [4.78, 5) is 0. The van der Waals surface area contributed by atoms with Crippen LogP contribution in [0.2, 0.25) is 0 Å². The molecule has 2 rings (SSSR count). The number of pyridine rings is 1. The van der Waals surface area contributed by atoms with Crippen molar-refractivity contribution < 1.29 is 0 Å². The molecule has 2 aromatic rings. The first kappa shape index (κ1) is 16.2. The van der Waals surface area contributed by atoms with E-state index in [4.69, 9.17) is 0 Å². The fourth-order valence-corrected chi connectivity index (χ4v) is 2.02. The quantitative estimate of drug-likeness (QED) is 0.692. The van der Waals surface area contributed by atoms with E-state index in [1.165, 1.54) is 28.6 Å². The molecule has 0 aliphatic carbocycles. The van der Waals surface area contributed by atoms with Gasteiger partial charge in [0.2, 0.25) is 0 Å². The largest absolute Gasteiger partial charge is 0.241 e. The molecule has 0 N–H and O–H groups in total. The van der Waals surface area contributed by atoms with E-state index in [1.54, 1.807) is 0 Å². The highest BCUT2D eigenvalue weighted by molar-refractivity contribution is 5.76. The maximum atomic E-state index is 4.34. The maximum absolute atomic E-state index is 4.34. The van der Waals surface area contributed by atoms with Gasteiger partial charge in [-0.05, 0) is 49.1 Å². The van der Waals surface area contributed by atoms with Crippen molar-refractivity contribution in [3.63, 3.8) is 0 Å². The van der Waals surface area contributed by atoms with Gasteiger partial charge < -0.3 is 0 Å². The second-order valence-electron chi connectivity index (χ2n) is 4.72. The first-order valence-electron chi connectivity index (χ1n) is 7.47. The lowest BCUT2D eigenvalue weighted by Crippen LogP contribution is -1.89. The van der Waals surface area contributed by atoms with Gasteiger partial charge in [0.15, 0.2) is 0 Å². The molecule has 0 spiro atoms. The van der Waals surface area contributed by atoms with Crippen LogP contribution in [0.25, 0.3) is 11.1 Å². The summed E-state index contributed by atoms with van der Waals surface area (Å²) in [6, 6.07) is 4.32. The van der Waals surface area contributed by atoms with Crippen LogP contribution in [0.3, 0.4) is 0 Å². The molecule has 0 fully saturated rings. The first-order chi connectivity index (χ1) is 9.71. The van der Waals surface area contributed by atoms with Crippen molar-refractivity contribution in [2.24, 2.45) is 0 Å². The highest BCUT2D eigenvalue weighted by atomic mass is 15.2. The molecule has 2 aromatic heterocycles. The highest BCUT2D eigenvalue weighted by Crippen LogP contribution is 2.20. The molecule has 2 nitrogen and oxygen atoms in total. The second kappa shape index (κ2) is 8.36. The molecule has 0 saturated carbocycles. The first-order valence-corrected chi connectivity index (χ1v) is 7.47. The van der Waals surface area contributed by atoms with Crippen LogP contribution in [0, 0.1) is 0 Å². The number of hydrogen-bond donors (Lipinski definition) is 0. The molecule has 20 heavy (non-hydrogen) atoms. The number of fused-ring (bicyclic) bond motifs is 1. The lowest BCUT2D eigenvalue weighted by atomic mass is 10.1. The molecule has 0 saturated heterocycles. The summed E-state index contributed by atoms with van der Waals surface area (Å²) in [6.45, 7) is 10.5. The Morgan fingerprint density at radius 1 is 1.25 bits per heavy atom. The lowest BCUT2D eigenvalue weighted by Gasteiger charge is -2.04. The molecule has 0 aromatic carbocycles. The van der Waals surface area contributed by atoms with Crippen LogP contribution in [0.5, 0.6) is 0 Å². The third-order valence-electron chi connectivity index (χ3n) is 2.97. The number of nitrogens with zero attached hydrogens (tertiary/aromatic N) is 2. The standard InChI is InChI=1S/C15H18N2.C3H8/c1-4-7-12(5-2)14-8-9-17-15(10-14)13(6-3)11-16-17;1-3-2/h4-5,7-11H,6H2,1-3H3;3H2,1-2H3/b7-4-,12-5+;. The second-order valence-corrected chi connectivity index (χ2v) is 4.72. The molecule has 0 aliphatic heterocycles. The van der Waals surface area contributed by atoms with Crippen molar-refractivity contribution >= 4 is 11.1 Å². The van der Waals surface area contributed by atoms with E-state index in [1.807, 2.05) is 23.8 Å². The molecule has 0 bridgehead atoms. The third kappa shape index (κ3) is 3.83. The predicted octanol–water partition coefficient (Wildman–Crippen LogP) is 5.29. The molecule has 0 atom stereocenters. The van der Waals surface area contributed by atoms with Crippen LogP contribution in [0.15, 0.2) is 42.8 Å². The summed E-state index contributed by atoms with van der Waals surface area (Å²) >= 11 is 0. The summed E-state index contributed by atoms with van der Waals surface area (Å²) in [5.41, 5.74) is 4.99. The zero-order chi connectivity index (χ0) is 15.0. The highest BCUT2D eigenvalue weighted by Gasteiger charge is 2.04. The van der Waals surface area contributed by atoms with Gasteiger partial charge in [-0.2, -0.15) is 5.10 Å². The minimum Gasteiger partial charge on any atom is -0.241 e. The van der Waals surface area contributed by atoms with E-state index >= 15 is 0 Å². The Labute approximate surface area is 122 Å². The number of rotatable bonds is 3. The molecular weight excluding hydrogens is 244 g/mol. The monoisotopic (exact) mass is 270 g/mol. The fourth-order valence-electron chi connectivity index (χ4n) is 2.02. The SMILES string of the molecule is C/C=C\C(=C/C)c1ccn2ncc(CC)c2c1.CCC. The van der Waals surface area contributed by atoms with E-state index in [-0.39, 0.29) is 0 Å². The van der Waals surface area contributed by atoms with E-state index in [0.29, 0.717) is 0 Å². The van der Waals surface area contributed by atoms with Gasteiger partial charge in [-0.1, -0.05) is 45.4 Å². The van der Waals surface area contributed by atoms with Gasteiger partial charge in [-0.15, -0.1) is 0 Å². The maximum Gasteiger partial charge on any atom is 0.0699 e. The Bertz CT molecular complexity index is 588. The Balaban J connectivity index is 0.000000612. The molecular formula is C18H26N2. The van der Waals surface area contributed by atoms with Gasteiger partial charge >= 0.3 is 0 Å². The Hall–Kier alpha value is -1.83. The lowest BCUT2D eigenvalue weighted by molar-refractivity contribution is 0.960. The summed E-state index contributed by atoms with van der Waals surface area (Å²) in [5, 5.41) is 4.34. The van der Waals surface area contributed by atoms with Gasteiger partial charge in [-0.25, -0.2) is 4.52 Å². The summed E-state index contributed by atoms with van der Waals surface area (Å²) in [5.74, 6) is 0. The molecule has 0 radical (unpaired) electrons. The van der Waals surface area contributed by atoms with Crippen molar-refractivity contribution in [2.45, 2.75) is 47.5 Å². The van der Waals surface area contributed by atoms with Crippen LogP contribution in [-0.2, 0) is 6.42 Å². The van der Waals surface area contributed by atoms with Crippen LogP contribution < -0.4 is 0 Å². The Kier molecular flexibility index (Phi) is 6.78. The van der Waals surface area contributed by atoms with Crippen molar-refractivity contribution in [3.05, 3.63) is 53.9 Å². The van der Waals surface area contributed by atoms with Crippen LogP contribution in [-0.4, -0.2) is 9.61 Å². The van der Waals surface area contributed by atoms with E-state index in [0.717, 1.165) is 6.42 Å². The molecule has 2 heterocycles. The average Bonchev–Trinajstić information content (AvgIpc) is 2.87. The number of hydrogen-bond acceptors (Lipinski definition) is 1. The number of allylic oxidation sites excluding steroid dienone is 4. The fraction of sp³-hybridized carbons (Fsp3) is 0.389. The zero-order valence-corrected chi connectivity index (χ0v) is 13.4. The van der Waals surface area contributed by atoms with E-state index < -0.39 is 0 Å². The van der Waals surface area contributed by atoms with Gasteiger partial charge in [-0.3, -0.25) is 0 Å². The molecule has 0 unspecified atom stereocenters. The predicted molar refractivity (Wildman–Crippen MR) is 89.0 cm³/mol. The summed E-state index contributed by atoms with van der Waals surface area (Å²) < 4.78 is 1.94. The molecule has 2 heteroatoms. The van der Waals surface area contributed by atoms with Crippen LogP contribution in [0.4, 0.5) is 0 Å². The average molecular weight is 270 g/mol. The number of aromatic nitrogens is 2. The summed E-state index contributed by atoms with van der Waals surface area (Å²) in [7, 11) is 0. The van der Waals surface area contributed by atoms with Crippen molar-refractivity contribution in [1.29, 1.82) is 0 Å². The van der Waals surface area contributed by atoms with Crippen molar-refractivity contribution in [2.75, 3.05) is 0 Å². The van der Waals surface area contributed by atoms with Crippen LogP contribution in [0.1, 0.15) is 52.2 Å². The normalized spacial score (nSPS) is 11.8. The minimum absolute atomic E-state index is 1.02. The Morgan fingerprint density at radius 2 is 1.95 bits per heavy atom. The van der Waals surface area contributed by atoms with E-state index in [9.17, 15) is 0 Å². The van der Waals surface area contributed by atoms with Gasteiger partial charge in [0, 0.05) is 6.20 Å². The van der Waals surface area contributed by atoms with Gasteiger partial charge in [0.1, 0.15) is 0 Å². The third-order valence-corrected chi connectivity index (χ3v) is 2.97. The zero-order valence-electron chi connectivity index (χ0n) is 13.4. The smallest absolute Gasteiger partial charge is 0.0699 e. The van der Waals surface area contributed by atoms with Crippen LogP contribution >= 0.6 is 0 Å². The summed E-state index contributed by atoms with van der Waals surface area (Å²) in [6.07, 6.45) is 12.6. The Morgan fingerprint density at radius 3 is 2.50 bits per heavy atom. The van der Waals surface area contributed by atoms with Crippen molar-refractivity contribution in [1.82, 2.24) is 9.61 Å². The van der Waals surface area contributed by atoms with Crippen molar-refractivity contribution in [3.8, 4) is 0 Å². The van der Waals surface area contributed by atoms with E-state index in [2.05, 4.69) is 63.2 Å². The van der Waals surface area contributed by atoms with Gasteiger partial charge in [0.05, 0.1) is 11.7 Å². The minimum atomic E-state index is 1.02. The molecule has 0 aliphatic rings. The topological polar surface area (TPSA) is 17.3 Å². The number of aryl methyl sites for hydroxylation is 1. The molecule has 0 amide bonds. The van der Waals surface area contributed by atoms with Gasteiger partial charge in [0.25, 0.3) is 0 Å².